The van der Waals surface area contributed by atoms with Gasteiger partial charge in [0.05, 0.1) is 6.04 Å². The lowest BCUT2D eigenvalue weighted by atomic mass is 9.96. The van der Waals surface area contributed by atoms with Gasteiger partial charge in [-0.3, -0.25) is 4.79 Å². The predicted octanol–water partition coefficient (Wildman–Crippen LogP) is 2.39. The largest absolute Gasteiger partial charge is 0.334 e. The molecular weight excluding hydrogens is 243 g/mol. The van der Waals surface area contributed by atoms with Crippen molar-refractivity contribution >= 4 is 5.91 Å². The van der Waals surface area contributed by atoms with Crippen molar-refractivity contribution in [2.24, 2.45) is 11.7 Å². The van der Waals surface area contributed by atoms with Gasteiger partial charge in [-0.2, -0.15) is 0 Å². The number of hydrogen-bond donors (Lipinski definition) is 1. The molecule has 0 aromatic heterocycles. The maximum Gasteiger partial charge on any atom is 0.224 e. The van der Waals surface area contributed by atoms with Crippen LogP contribution in [-0.2, 0) is 4.79 Å². The zero-order chi connectivity index (χ0) is 14.2. The first-order chi connectivity index (χ1) is 8.90. The molecule has 0 aliphatic carbocycles. The molecule has 1 heterocycles. The molecule has 2 atom stereocenters. The van der Waals surface area contributed by atoms with Crippen LogP contribution >= 0.6 is 0 Å². The third-order valence-corrected chi connectivity index (χ3v) is 3.58. The minimum absolute atomic E-state index is 0.0925. The number of halogens is 1. The summed E-state index contributed by atoms with van der Waals surface area (Å²) in [5.74, 6) is 0.224. The van der Waals surface area contributed by atoms with Crippen LogP contribution in [0.15, 0.2) is 18.2 Å². The Morgan fingerprint density at radius 2 is 2.16 bits per heavy atom. The summed E-state index contributed by atoms with van der Waals surface area (Å²) >= 11 is 0. The molecule has 0 bridgehead atoms. The zero-order valence-electron chi connectivity index (χ0n) is 11.7. The predicted molar refractivity (Wildman–Crippen MR) is 73.0 cm³/mol. The second-order valence-electron chi connectivity index (χ2n) is 5.75. The molecule has 2 unspecified atom stereocenters. The molecule has 0 spiro atoms. The Bertz CT molecular complexity index is 487. The lowest BCUT2D eigenvalue weighted by Gasteiger charge is -2.29. The van der Waals surface area contributed by atoms with Gasteiger partial charge in [-0.25, -0.2) is 4.39 Å². The van der Waals surface area contributed by atoms with Gasteiger partial charge in [0, 0.05) is 19.0 Å². The third kappa shape index (κ3) is 2.78. The van der Waals surface area contributed by atoms with Crippen LogP contribution in [0.1, 0.15) is 37.4 Å². The SMILES string of the molecule is Cc1cc(F)ccc1C1C(N)CC(=O)N1CC(C)C. The monoisotopic (exact) mass is 264 g/mol. The lowest BCUT2D eigenvalue weighted by Crippen LogP contribution is -2.35. The number of hydrogen-bond acceptors (Lipinski definition) is 2. The van der Waals surface area contributed by atoms with Gasteiger partial charge in [0.15, 0.2) is 0 Å². The van der Waals surface area contributed by atoms with E-state index >= 15 is 0 Å². The van der Waals surface area contributed by atoms with Crippen LogP contribution in [-0.4, -0.2) is 23.4 Å². The second-order valence-corrected chi connectivity index (χ2v) is 5.75. The van der Waals surface area contributed by atoms with E-state index in [-0.39, 0.29) is 23.8 Å². The van der Waals surface area contributed by atoms with E-state index in [1.165, 1.54) is 12.1 Å². The van der Waals surface area contributed by atoms with Gasteiger partial charge in [0.25, 0.3) is 0 Å². The molecule has 19 heavy (non-hydrogen) atoms. The number of aryl methyl sites for hydroxylation is 1. The number of carbonyl (C=O) groups is 1. The molecule has 0 saturated carbocycles. The van der Waals surface area contributed by atoms with Crippen LogP contribution < -0.4 is 5.73 Å². The molecule has 1 aromatic carbocycles. The van der Waals surface area contributed by atoms with Crippen molar-refractivity contribution in [2.75, 3.05) is 6.54 Å². The van der Waals surface area contributed by atoms with E-state index in [0.29, 0.717) is 18.9 Å². The first-order valence-electron chi connectivity index (χ1n) is 6.71. The van der Waals surface area contributed by atoms with Crippen LogP contribution in [0.4, 0.5) is 4.39 Å². The lowest BCUT2D eigenvalue weighted by molar-refractivity contribution is -0.129. The highest BCUT2D eigenvalue weighted by molar-refractivity contribution is 5.80. The fourth-order valence-electron chi connectivity index (χ4n) is 2.80. The summed E-state index contributed by atoms with van der Waals surface area (Å²) < 4.78 is 13.2. The van der Waals surface area contributed by atoms with Gasteiger partial charge in [-0.15, -0.1) is 0 Å². The molecule has 1 aliphatic heterocycles. The van der Waals surface area contributed by atoms with Crippen molar-refractivity contribution in [1.82, 2.24) is 4.90 Å². The number of nitrogens with zero attached hydrogens (tertiary/aromatic N) is 1. The molecule has 3 nitrogen and oxygen atoms in total. The Kier molecular flexibility index (Phi) is 3.90. The number of amides is 1. The normalized spacial score (nSPS) is 23.5. The summed E-state index contributed by atoms with van der Waals surface area (Å²) in [5, 5.41) is 0. The number of likely N-dealkylation sites (tertiary alicyclic amines) is 1. The van der Waals surface area contributed by atoms with E-state index in [4.69, 9.17) is 5.73 Å². The van der Waals surface area contributed by atoms with Crippen LogP contribution in [0.3, 0.4) is 0 Å². The Hall–Kier alpha value is -1.42. The fourth-order valence-corrected chi connectivity index (χ4v) is 2.80. The molecule has 1 aliphatic rings. The van der Waals surface area contributed by atoms with Crippen molar-refractivity contribution in [3.8, 4) is 0 Å². The van der Waals surface area contributed by atoms with Gasteiger partial charge in [-0.1, -0.05) is 19.9 Å². The topological polar surface area (TPSA) is 46.3 Å². The van der Waals surface area contributed by atoms with Gasteiger partial charge in [0.1, 0.15) is 5.82 Å². The van der Waals surface area contributed by atoms with E-state index < -0.39 is 0 Å². The van der Waals surface area contributed by atoms with Crippen molar-refractivity contribution in [2.45, 2.75) is 39.3 Å². The maximum absolute atomic E-state index is 13.2. The molecular formula is C15H21FN2O. The molecule has 1 fully saturated rings. The highest BCUT2D eigenvalue weighted by Gasteiger charge is 2.39. The Balaban J connectivity index is 2.36. The van der Waals surface area contributed by atoms with E-state index in [1.54, 1.807) is 6.07 Å². The number of nitrogens with two attached hydrogens (primary N) is 1. The first kappa shape index (κ1) is 14.0. The molecule has 2 rings (SSSR count). The molecule has 2 N–H and O–H groups in total. The number of carbonyl (C=O) groups excluding carboxylic acids is 1. The summed E-state index contributed by atoms with van der Waals surface area (Å²) in [7, 11) is 0. The van der Waals surface area contributed by atoms with Crippen molar-refractivity contribution < 1.29 is 9.18 Å². The standard InChI is InChI=1S/C15H21FN2O/c1-9(2)8-18-14(19)7-13(17)15(18)12-5-4-11(16)6-10(12)3/h4-6,9,13,15H,7-8,17H2,1-3H3. The first-order valence-corrected chi connectivity index (χ1v) is 6.71. The minimum Gasteiger partial charge on any atom is -0.334 e. The number of benzene rings is 1. The van der Waals surface area contributed by atoms with Gasteiger partial charge in [0.2, 0.25) is 5.91 Å². The molecule has 1 aromatic rings. The molecule has 4 heteroatoms. The summed E-state index contributed by atoms with van der Waals surface area (Å²) in [6.45, 7) is 6.70. The van der Waals surface area contributed by atoms with Gasteiger partial charge in [-0.05, 0) is 36.1 Å². The van der Waals surface area contributed by atoms with E-state index in [2.05, 4.69) is 13.8 Å². The average molecular weight is 264 g/mol. The minimum atomic E-state index is -0.255. The quantitative estimate of drug-likeness (QED) is 0.911. The van der Waals surface area contributed by atoms with E-state index in [0.717, 1.165) is 11.1 Å². The fraction of sp³-hybridized carbons (Fsp3) is 0.533. The van der Waals surface area contributed by atoms with Crippen LogP contribution in [0.5, 0.6) is 0 Å². The molecule has 1 saturated heterocycles. The van der Waals surface area contributed by atoms with Gasteiger partial charge < -0.3 is 10.6 Å². The van der Waals surface area contributed by atoms with E-state index in [1.807, 2.05) is 11.8 Å². The Morgan fingerprint density at radius 1 is 1.47 bits per heavy atom. The maximum atomic E-state index is 13.2. The summed E-state index contributed by atoms with van der Waals surface area (Å²) in [6.07, 6.45) is 0.369. The smallest absolute Gasteiger partial charge is 0.224 e. The van der Waals surface area contributed by atoms with Crippen molar-refractivity contribution in [3.05, 3.63) is 35.1 Å². The van der Waals surface area contributed by atoms with Crippen LogP contribution in [0.2, 0.25) is 0 Å². The van der Waals surface area contributed by atoms with Crippen LogP contribution in [0.25, 0.3) is 0 Å². The number of rotatable bonds is 3. The molecule has 104 valence electrons. The van der Waals surface area contributed by atoms with Crippen molar-refractivity contribution in [1.29, 1.82) is 0 Å². The highest BCUT2D eigenvalue weighted by atomic mass is 19.1. The summed E-state index contributed by atoms with van der Waals surface area (Å²) in [6, 6.07) is 4.34. The molecule has 1 amide bonds. The average Bonchev–Trinajstić information content (AvgIpc) is 2.54. The Morgan fingerprint density at radius 3 is 2.74 bits per heavy atom. The highest BCUT2D eigenvalue weighted by Crippen LogP contribution is 2.34. The summed E-state index contributed by atoms with van der Waals surface area (Å²) in [4.78, 5) is 13.9. The Labute approximate surface area is 113 Å². The van der Waals surface area contributed by atoms with E-state index in [9.17, 15) is 9.18 Å². The third-order valence-electron chi connectivity index (χ3n) is 3.58. The van der Waals surface area contributed by atoms with Crippen molar-refractivity contribution in [3.63, 3.8) is 0 Å². The molecule has 0 radical (unpaired) electrons. The summed E-state index contributed by atoms with van der Waals surface area (Å²) in [5.41, 5.74) is 7.93. The van der Waals surface area contributed by atoms with Gasteiger partial charge >= 0.3 is 0 Å². The second kappa shape index (κ2) is 5.29. The zero-order valence-corrected chi connectivity index (χ0v) is 11.7. The van der Waals surface area contributed by atoms with Crippen LogP contribution in [0, 0.1) is 18.7 Å².